The lowest BCUT2D eigenvalue weighted by Crippen LogP contribution is -2.49. The molecule has 108 valence electrons. The fraction of sp³-hybridized carbons (Fsp3) is 0.467. The van der Waals surface area contributed by atoms with Crippen molar-refractivity contribution in [1.29, 1.82) is 0 Å². The van der Waals surface area contributed by atoms with Crippen LogP contribution in [-0.4, -0.2) is 35.8 Å². The van der Waals surface area contributed by atoms with Gasteiger partial charge in [0.1, 0.15) is 0 Å². The molecular formula is C15H19IN2O2. The molecule has 0 radical (unpaired) electrons. The topological polar surface area (TPSA) is 49.4 Å². The van der Waals surface area contributed by atoms with Gasteiger partial charge in [-0.25, -0.2) is 0 Å². The second kappa shape index (κ2) is 7.06. The molecule has 1 heterocycles. The average Bonchev–Trinajstić information content (AvgIpc) is 2.46. The quantitative estimate of drug-likeness (QED) is 0.812. The second-order valence-electron chi connectivity index (χ2n) is 5.02. The normalized spacial score (nSPS) is 18.7. The summed E-state index contributed by atoms with van der Waals surface area (Å²) in [5, 5.41) is 2.98. The monoisotopic (exact) mass is 386 g/mol. The summed E-state index contributed by atoms with van der Waals surface area (Å²) in [5.41, 5.74) is 0.722. The maximum Gasteiger partial charge on any atom is 0.253 e. The molecule has 1 N–H and O–H groups in total. The van der Waals surface area contributed by atoms with E-state index in [1.165, 1.54) is 0 Å². The van der Waals surface area contributed by atoms with Gasteiger partial charge in [-0.1, -0.05) is 13.0 Å². The number of benzene rings is 1. The molecule has 1 unspecified atom stereocenters. The van der Waals surface area contributed by atoms with E-state index in [-0.39, 0.29) is 17.9 Å². The van der Waals surface area contributed by atoms with Crippen molar-refractivity contribution in [3.05, 3.63) is 33.4 Å². The number of nitrogens with zero attached hydrogens (tertiary/aromatic N) is 1. The van der Waals surface area contributed by atoms with E-state index in [1.54, 1.807) is 0 Å². The standard InChI is InChI=1S/C15H19IN2O2/c1-2-14(19)17-13-7-4-8-18(10-13)15(20)11-5-3-6-12(16)9-11/h3,5-6,9,13H,2,4,7-8,10H2,1H3,(H,17,19). The van der Waals surface area contributed by atoms with Crippen LogP contribution in [0.4, 0.5) is 0 Å². The Labute approximate surface area is 133 Å². The molecule has 0 saturated carbocycles. The van der Waals surface area contributed by atoms with E-state index >= 15 is 0 Å². The second-order valence-corrected chi connectivity index (χ2v) is 6.27. The van der Waals surface area contributed by atoms with Gasteiger partial charge in [-0.05, 0) is 53.6 Å². The Balaban J connectivity index is 2.01. The van der Waals surface area contributed by atoms with Crippen LogP contribution in [-0.2, 0) is 4.79 Å². The summed E-state index contributed by atoms with van der Waals surface area (Å²) >= 11 is 2.21. The number of hydrogen-bond acceptors (Lipinski definition) is 2. The first-order valence-electron chi connectivity index (χ1n) is 6.94. The minimum atomic E-state index is 0.0542. The minimum absolute atomic E-state index is 0.0542. The van der Waals surface area contributed by atoms with Crippen molar-refractivity contribution in [1.82, 2.24) is 10.2 Å². The maximum absolute atomic E-state index is 12.5. The van der Waals surface area contributed by atoms with Crippen molar-refractivity contribution in [2.24, 2.45) is 0 Å². The van der Waals surface area contributed by atoms with Gasteiger partial charge in [0.05, 0.1) is 0 Å². The maximum atomic E-state index is 12.5. The fourth-order valence-corrected chi connectivity index (χ4v) is 2.96. The number of hydrogen-bond donors (Lipinski definition) is 1. The molecule has 1 aliphatic rings. The van der Waals surface area contributed by atoms with E-state index < -0.39 is 0 Å². The van der Waals surface area contributed by atoms with Gasteiger partial charge >= 0.3 is 0 Å². The van der Waals surface area contributed by atoms with E-state index in [0.717, 1.165) is 28.5 Å². The highest BCUT2D eigenvalue weighted by molar-refractivity contribution is 14.1. The summed E-state index contributed by atoms with van der Waals surface area (Å²) in [6.45, 7) is 3.21. The highest BCUT2D eigenvalue weighted by Gasteiger charge is 2.25. The summed E-state index contributed by atoms with van der Waals surface area (Å²) in [7, 11) is 0. The molecule has 1 aromatic rings. The number of nitrogens with one attached hydrogen (secondary N) is 1. The van der Waals surface area contributed by atoms with Crippen molar-refractivity contribution in [2.45, 2.75) is 32.2 Å². The predicted octanol–water partition coefficient (Wildman–Crippen LogP) is 2.42. The molecule has 1 fully saturated rings. The Morgan fingerprint density at radius 1 is 1.45 bits per heavy atom. The molecule has 1 aromatic carbocycles. The van der Waals surface area contributed by atoms with E-state index in [0.29, 0.717) is 13.0 Å². The minimum Gasteiger partial charge on any atom is -0.352 e. The third-order valence-corrected chi connectivity index (χ3v) is 4.14. The highest BCUT2D eigenvalue weighted by atomic mass is 127. The first kappa shape index (κ1) is 15.3. The Bertz CT molecular complexity index is 504. The number of likely N-dealkylation sites (tertiary alicyclic amines) is 1. The van der Waals surface area contributed by atoms with Crippen LogP contribution < -0.4 is 5.32 Å². The third-order valence-electron chi connectivity index (χ3n) is 3.47. The van der Waals surface area contributed by atoms with Crippen LogP contribution in [0.15, 0.2) is 24.3 Å². The van der Waals surface area contributed by atoms with Gasteiger partial charge in [0.15, 0.2) is 0 Å². The molecule has 1 saturated heterocycles. The lowest BCUT2D eigenvalue weighted by molar-refractivity contribution is -0.121. The number of piperidine rings is 1. The van der Waals surface area contributed by atoms with Crippen LogP contribution in [0.5, 0.6) is 0 Å². The average molecular weight is 386 g/mol. The molecule has 0 aliphatic carbocycles. The first-order valence-corrected chi connectivity index (χ1v) is 8.02. The molecule has 4 nitrogen and oxygen atoms in total. The molecule has 0 bridgehead atoms. The summed E-state index contributed by atoms with van der Waals surface area (Å²) in [5.74, 6) is 0.109. The van der Waals surface area contributed by atoms with Crippen molar-refractivity contribution in [3.8, 4) is 0 Å². The van der Waals surface area contributed by atoms with Crippen molar-refractivity contribution in [3.63, 3.8) is 0 Å². The predicted molar refractivity (Wildman–Crippen MR) is 86.5 cm³/mol. The van der Waals surface area contributed by atoms with Crippen molar-refractivity contribution >= 4 is 34.4 Å². The highest BCUT2D eigenvalue weighted by Crippen LogP contribution is 2.15. The molecular weight excluding hydrogens is 367 g/mol. The number of carbonyl (C=O) groups excluding carboxylic acids is 2. The molecule has 0 spiro atoms. The van der Waals surface area contributed by atoms with Crippen molar-refractivity contribution in [2.75, 3.05) is 13.1 Å². The molecule has 1 atom stereocenters. The number of carbonyl (C=O) groups is 2. The lowest BCUT2D eigenvalue weighted by Gasteiger charge is -2.33. The van der Waals surface area contributed by atoms with Crippen LogP contribution in [0.3, 0.4) is 0 Å². The van der Waals surface area contributed by atoms with E-state index in [9.17, 15) is 9.59 Å². The smallest absolute Gasteiger partial charge is 0.253 e. The van der Waals surface area contributed by atoms with E-state index in [1.807, 2.05) is 36.1 Å². The number of halogens is 1. The summed E-state index contributed by atoms with van der Waals surface area (Å²) < 4.78 is 1.06. The number of rotatable bonds is 3. The van der Waals surface area contributed by atoms with Crippen LogP contribution in [0, 0.1) is 3.57 Å². The first-order chi connectivity index (χ1) is 9.60. The van der Waals surface area contributed by atoms with Crippen molar-refractivity contribution < 1.29 is 9.59 Å². The lowest BCUT2D eigenvalue weighted by atomic mass is 10.0. The van der Waals surface area contributed by atoms with Crippen LogP contribution in [0.2, 0.25) is 0 Å². The fourth-order valence-electron chi connectivity index (χ4n) is 2.41. The summed E-state index contributed by atoms with van der Waals surface area (Å²) in [6.07, 6.45) is 2.37. The Morgan fingerprint density at radius 3 is 2.95 bits per heavy atom. The van der Waals surface area contributed by atoms with Gasteiger partial charge in [0.2, 0.25) is 5.91 Å². The number of amides is 2. The summed E-state index contributed by atoms with van der Waals surface area (Å²) in [6, 6.07) is 7.70. The van der Waals surface area contributed by atoms with Gasteiger partial charge in [0, 0.05) is 34.7 Å². The van der Waals surface area contributed by atoms with Gasteiger partial charge in [0.25, 0.3) is 5.91 Å². The molecule has 5 heteroatoms. The Hall–Kier alpha value is -1.11. The van der Waals surface area contributed by atoms with E-state index in [2.05, 4.69) is 27.9 Å². The van der Waals surface area contributed by atoms with E-state index in [4.69, 9.17) is 0 Å². The van der Waals surface area contributed by atoms with Crippen LogP contribution in [0.1, 0.15) is 36.5 Å². The van der Waals surface area contributed by atoms with Crippen LogP contribution in [0.25, 0.3) is 0 Å². The molecule has 2 amide bonds. The molecule has 1 aliphatic heterocycles. The Morgan fingerprint density at radius 2 is 2.25 bits per heavy atom. The Kier molecular flexibility index (Phi) is 5.39. The molecule has 2 rings (SSSR count). The molecule has 20 heavy (non-hydrogen) atoms. The van der Waals surface area contributed by atoms with Gasteiger partial charge in [-0.15, -0.1) is 0 Å². The zero-order valence-electron chi connectivity index (χ0n) is 11.6. The van der Waals surface area contributed by atoms with Gasteiger partial charge < -0.3 is 10.2 Å². The SMILES string of the molecule is CCC(=O)NC1CCCN(C(=O)c2cccc(I)c2)C1. The van der Waals surface area contributed by atoms with Gasteiger partial charge in [-0.2, -0.15) is 0 Å². The summed E-state index contributed by atoms with van der Waals surface area (Å²) in [4.78, 5) is 25.8. The third kappa shape index (κ3) is 3.94. The largest absolute Gasteiger partial charge is 0.352 e. The van der Waals surface area contributed by atoms with Crippen LogP contribution >= 0.6 is 22.6 Å². The van der Waals surface area contributed by atoms with Gasteiger partial charge in [-0.3, -0.25) is 9.59 Å². The zero-order valence-corrected chi connectivity index (χ0v) is 13.7. The zero-order chi connectivity index (χ0) is 14.5. The molecule has 0 aromatic heterocycles.